The number of hydrogen-bond acceptors (Lipinski definition) is 5. The van der Waals surface area contributed by atoms with Crippen LogP contribution >= 0.6 is 11.6 Å². The Morgan fingerprint density at radius 3 is 2.45 bits per heavy atom. The van der Waals surface area contributed by atoms with Gasteiger partial charge in [-0.2, -0.15) is 5.10 Å². The summed E-state index contributed by atoms with van der Waals surface area (Å²) in [6, 6.07) is 19.2. The zero-order valence-corrected chi connectivity index (χ0v) is 17.8. The van der Waals surface area contributed by atoms with E-state index < -0.39 is 5.97 Å². The average Bonchev–Trinajstić information content (AvgIpc) is 2.74. The molecule has 3 rings (SSSR count). The van der Waals surface area contributed by atoms with Crippen molar-refractivity contribution in [3.63, 3.8) is 0 Å². The van der Waals surface area contributed by atoms with E-state index in [2.05, 4.69) is 10.5 Å². The fourth-order valence-corrected chi connectivity index (χ4v) is 3.04. The number of aryl methyl sites for hydroxylation is 2. The Balaban J connectivity index is 1.55. The Hall–Kier alpha value is -3.64. The lowest BCUT2D eigenvalue weighted by atomic mass is 10.1. The van der Waals surface area contributed by atoms with Gasteiger partial charge in [-0.25, -0.2) is 10.2 Å². The Morgan fingerprint density at radius 1 is 1.00 bits per heavy atom. The summed E-state index contributed by atoms with van der Waals surface area (Å²) in [5, 5.41) is 4.24. The standard InChI is InChI=1S/C24H21ClN2O4/c1-16-7-5-8-17(2)23(16)30-15-22(28)27-26-14-18-9-6-10-19(13-18)31-24(29)20-11-3-4-12-21(20)25/h3-14H,15H2,1-2H3,(H,27,28)/b26-14+. The largest absolute Gasteiger partial charge is 0.483 e. The third-order valence-corrected chi connectivity index (χ3v) is 4.65. The van der Waals surface area contributed by atoms with Gasteiger partial charge in [0.15, 0.2) is 6.61 Å². The minimum Gasteiger partial charge on any atom is -0.483 e. The fourth-order valence-electron chi connectivity index (χ4n) is 2.82. The number of halogens is 1. The van der Waals surface area contributed by atoms with Gasteiger partial charge in [0.1, 0.15) is 11.5 Å². The van der Waals surface area contributed by atoms with Crippen molar-refractivity contribution < 1.29 is 19.1 Å². The quantitative estimate of drug-likeness (QED) is 0.252. The number of hydrazone groups is 1. The van der Waals surface area contributed by atoms with E-state index in [0.717, 1.165) is 11.1 Å². The molecule has 7 heteroatoms. The van der Waals surface area contributed by atoms with E-state index in [1.54, 1.807) is 48.5 Å². The molecule has 0 fully saturated rings. The van der Waals surface area contributed by atoms with Gasteiger partial charge in [-0.1, -0.05) is 54.1 Å². The summed E-state index contributed by atoms with van der Waals surface area (Å²) in [5.74, 6) is 0.0741. The third kappa shape index (κ3) is 6.17. The van der Waals surface area contributed by atoms with Crippen LogP contribution in [-0.2, 0) is 4.79 Å². The Morgan fingerprint density at radius 2 is 1.71 bits per heavy atom. The maximum atomic E-state index is 12.3. The minimum atomic E-state index is -0.559. The molecular weight excluding hydrogens is 416 g/mol. The van der Waals surface area contributed by atoms with E-state index in [1.807, 2.05) is 32.0 Å². The van der Waals surface area contributed by atoms with Crippen LogP contribution in [0.15, 0.2) is 71.8 Å². The van der Waals surface area contributed by atoms with Gasteiger partial charge in [0.25, 0.3) is 5.91 Å². The molecule has 0 aliphatic rings. The number of benzene rings is 3. The number of nitrogens with one attached hydrogen (secondary N) is 1. The Kier molecular flexibility index (Phi) is 7.40. The first-order valence-electron chi connectivity index (χ1n) is 9.52. The molecule has 0 heterocycles. The minimum absolute atomic E-state index is 0.154. The van der Waals surface area contributed by atoms with Crippen LogP contribution < -0.4 is 14.9 Å². The molecule has 0 atom stereocenters. The van der Waals surface area contributed by atoms with Crippen molar-refractivity contribution in [3.05, 3.63) is 94.0 Å². The van der Waals surface area contributed by atoms with Crippen molar-refractivity contribution >= 4 is 29.7 Å². The molecule has 0 aliphatic heterocycles. The molecule has 3 aromatic rings. The topological polar surface area (TPSA) is 77.0 Å². The summed E-state index contributed by atoms with van der Waals surface area (Å²) in [5.41, 5.74) is 5.25. The van der Waals surface area contributed by atoms with Crippen LogP contribution in [-0.4, -0.2) is 24.7 Å². The molecule has 6 nitrogen and oxygen atoms in total. The van der Waals surface area contributed by atoms with Gasteiger partial charge < -0.3 is 9.47 Å². The smallest absolute Gasteiger partial charge is 0.345 e. The maximum Gasteiger partial charge on any atom is 0.345 e. The van der Waals surface area contributed by atoms with Crippen molar-refractivity contribution in [2.24, 2.45) is 5.10 Å². The average molecular weight is 437 g/mol. The van der Waals surface area contributed by atoms with Gasteiger partial charge in [0.05, 0.1) is 16.8 Å². The second-order valence-corrected chi connectivity index (χ2v) is 7.15. The lowest BCUT2D eigenvalue weighted by Crippen LogP contribution is -2.25. The summed E-state index contributed by atoms with van der Waals surface area (Å²) < 4.78 is 11.0. The second kappa shape index (κ2) is 10.4. The molecule has 3 aromatic carbocycles. The molecule has 0 bridgehead atoms. The molecule has 1 N–H and O–H groups in total. The number of carbonyl (C=O) groups is 2. The van der Waals surface area contributed by atoms with Crippen LogP contribution in [0.4, 0.5) is 0 Å². The number of carbonyl (C=O) groups excluding carboxylic acids is 2. The van der Waals surface area contributed by atoms with Crippen molar-refractivity contribution in [3.8, 4) is 11.5 Å². The number of nitrogens with zero attached hydrogens (tertiary/aromatic N) is 1. The maximum absolute atomic E-state index is 12.3. The van der Waals surface area contributed by atoms with Gasteiger partial charge in [-0.15, -0.1) is 0 Å². The van der Waals surface area contributed by atoms with Gasteiger partial charge in [0, 0.05) is 0 Å². The second-order valence-electron chi connectivity index (χ2n) is 6.74. The highest BCUT2D eigenvalue weighted by Crippen LogP contribution is 2.22. The molecular formula is C24H21ClN2O4. The predicted molar refractivity (Wildman–Crippen MR) is 120 cm³/mol. The number of hydrogen-bond donors (Lipinski definition) is 1. The molecule has 0 spiro atoms. The highest BCUT2D eigenvalue weighted by atomic mass is 35.5. The van der Waals surface area contributed by atoms with E-state index in [4.69, 9.17) is 21.1 Å². The molecule has 0 aromatic heterocycles. The number of rotatable bonds is 7. The molecule has 0 radical (unpaired) electrons. The summed E-state index contributed by atoms with van der Waals surface area (Å²) in [6.45, 7) is 3.69. The van der Waals surface area contributed by atoms with Gasteiger partial charge in [-0.3, -0.25) is 4.79 Å². The van der Waals surface area contributed by atoms with Crippen molar-refractivity contribution in [1.29, 1.82) is 0 Å². The molecule has 0 saturated heterocycles. The van der Waals surface area contributed by atoms with Gasteiger partial charge >= 0.3 is 5.97 Å². The van der Waals surface area contributed by atoms with Crippen LogP contribution in [0, 0.1) is 13.8 Å². The molecule has 0 saturated carbocycles. The highest BCUT2D eigenvalue weighted by molar-refractivity contribution is 6.33. The first kappa shape index (κ1) is 22.1. The van der Waals surface area contributed by atoms with E-state index in [1.165, 1.54) is 6.21 Å². The summed E-state index contributed by atoms with van der Waals surface area (Å²) >= 11 is 6.02. The summed E-state index contributed by atoms with van der Waals surface area (Å²) in [7, 11) is 0. The zero-order chi connectivity index (χ0) is 22.2. The summed E-state index contributed by atoms with van der Waals surface area (Å²) in [4.78, 5) is 24.3. The van der Waals surface area contributed by atoms with Crippen molar-refractivity contribution in [2.75, 3.05) is 6.61 Å². The van der Waals surface area contributed by atoms with E-state index in [0.29, 0.717) is 22.1 Å². The third-order valence-electron chi connectivity index (χ3n) is 4.32. The molecule has 1 amide bonds. The molecule has 0 aliphatic carbocycles. The van der Waals surface area contributed by atoms with Crippen molar-refractivity contribution in [2.45, 2.75) is 13.8 Å². The van der Waals surface area contributed by atoms with Crippen LogP contribution in [0.5, 0.6) is 11.5 Å². The van der Waals surface area contributed by atoms with Crippen LogP contribution in [0.25, 0.3) is 0 Å². The molecule has 158 valence electrons. The predicted octanol–water partition coefficient (Wildman–Crippen LogP) is 4.71. The SMILES string of the molecule is Cc1cccc(C)c1OCC(=O)N/N=C/c1cccc(OC(=O)c2ccccc2Cl)c1. The van der Waals surface area contributed by atoms with Crippen molar-refractivity contribution in [1.82, 2.24) is 5.43 Å². The van der Waals surface area contributed by atoms with Gasteiger partial charge in [-0.05, 0) is 54.8 Å². The van der Waals surface area contributed by atoms with Crippen LogP contribution in [0.2, 0.25) is 5.02 Å². The van der Waals surface area contributed by atoms with E-state index in [-0.39, 0.29) is 18.1 Å². The normalized spacial score (nSPS) is 10.7. The van der Waals surface area contributed by atoms with E-state index >= 15 is 0 Å². The zero-order valence-electron chi connectivity index (χ0n) is 17.1. The molecule has 0 unspecified atom stereocenters. The summed E-state index contributed by atoms with van der Waals surface area (Å²) in [6.07, 6.45) is 1.45. The monoisotopic (exact) mass is 436 g/mol. The first-order chi connectivity index (χ1) is 14.9. The number of amides is 1. The number of esters is 1. The number of ether oxygens (including phenoxy) is 2. The Bertz CT molecular complexity index is 1110. The number of para-hydroxylation sites is 1. The fraction of sp³-hybridized carbons (Fsp3) is 0.125. The highest BCUT2D eigenvalue weighted by Gasteiger charge is 2.12. The molecule has 31 heavy (non-hydrogen) atoms. The lowest BCUT2D eigenvalue weighted by molar-refractivity contribution is -0.123. The Labute approximate surface area is 185 Å². The van der Waals surface area contributed by atoms with Crippen LogP contribution in [0.3, 0.4) is 0 Å². The van der Waals surface area contributed by atoms with E-state index in [9.17, 15) is 9.59 Å². The first-order valence-corrected chi connectivity index (χ1v) is 9.89. The van der Waals surface area contributed by atoms with Gasteiger partial charge in [0.2, 0.25) is 0 Å². The van der Waals surface area contributed by atoms with Crippen LogP contribution in [0.1, 0.15) is 27.0 Å². The lowest BCUT2D eigenvalue weighted by Gasteiger charge is -2.10.